The number of thiol groups is 1. The summed E-state index contributed by atoms with van der Waals surface area (Å²) in [5.41, 5.74) is 2.21. The van der Waals surface area contributed by atoms with Gasteiger partial charge in [0.15, 0.2) is 0 Å². The van der Waals surface area contributed by atoms with E-state index in [1.807, 2.05) is 48.7 Å². The lowest BCUT2D eigenvalue weighted by molar-refractivity contribution is -0.115. The normalized spacial score (nSPS) is 12.1. The molecule has 2 aromatic rings. The van der Waals surface area contributed by atoms with Gasteiger partial charge in [-0.15, -0.1) is 11.3 Å². The van der Waals surface area contributed by atoms with E-state index >= 15 is 0 Å². The van der Waals surface area contributed by atoms with Gasteiger partial charge in [-0.25, -0.2) is 0 Å². The van der Waals surface area contributed by atoms with Gasteiger partial charge in [-0.3, -0.25) is 4.79 Å². The van der Waals surface area contributed by atoms with Gasteiger partial charge in [0.25, 0.3) is 0 Å². The summed E-state index contributed by atoms with van der Waals surface area (Å²) >= 11 is 5.91. The number of amides is 1. The van der Waals surface area contributed by atoms with E-state index in [0.717, 1.165) is 16.1 Å². The predicted octanol–water partition coefficient (Wildman–Crippen LogP) is 3.54. The van der Waals surface area contributed by atoms with Crippen molar-refractivity contribution >= 4 is 34.9 Å². The van der Waals surface area contributed by atoms with E-state index in [4.69, 9.17) is 0 Å². The fraction of sp³-hybridized carbons (Fsp3) is 0.214. The summed E-state index contributed by atoms with van der Waals surface area (Å²) in [6, 6.07) is 11.9. The molecule has 0 bridgehead atoms. The number of hydrogen-bond acceptors (Lipinski definition) is 3. The van der Waals surface area contributed by atoms with Crippen LogP contribution in [0.25, 0.3) is 0 Å². The molecular formula is C14H15NOS2. The Hall–Kier alpha value is -1.26. The van der Waals surface area contributed by atoms with E-state index in [2.05, 4.69) is 17.9 Å². The summed E-state index contributed by atoms with van der Waals surface area (Å²) in [5, 5.41) is 5.47. The average molecular weight is 277 g/mol. The second kappa shape index (κ2) is 6.07. The van der Waals surface area contributed by atoms with Gasteiger partial charge >= 0.3 is 0 Å². The van der Waals surface area contributed by atoms with Crippen molar-refractivity contribution in [2.75, 3.05) is 5.32 Å². The Bertz CT molecular complexity index is 522. The molecule has 4 heteroatoms. The first-order valence-electron chi connectivity index (χ1n) is 5.74. The Balaban J connectivity index is 1.95. The third-order valence-electron chi connectivity index (χ3n) is 2.67. The van der Waals surface area contributed by atoms with Gasteiger partial charge in [0.1, 0.15) is 0 Å². The van der Waals surface area contributed by atoms with Crippen molar-refractivity contribution in [3.05, 3.63) is 52.9 Å². The zero-order chi connectivity index (χ0) is 13.0. The van der Waals surface area contributed by atoms with Crippen LogP contribution in [0.2, 0.25) is 0 Å². The molecule has 2 rings (SSSR count). The smallest absolute Gasteiger partial charge is 0.238 e. The topological polar surface area (TPSA) is 29.1 Å². The second-order valence-electron chi connectivity index (χ2n) is 4.13. The number of nitrogens with one attached hydrogen (secondary N) is 1. The summed E-state index contributed by atoms with van der Waals surface area (Å²) in [5.74, 6) is -0.0484. The number of thiophene rings is 1. The standard InChI is InChI=1S/C14H15NOS2/c1-10-7-8-18-14(10)15-13(16)12(17)9-11-5-3-2-4-6-11/h2-8,12,17H,9H2,1H3,(H,15,16). The van der Waals surface area contributed by atoms with Crippen LogP contribution < -0.4 is 5.32 Å². The van der Waals surface area contributed by atoms with Gasteiger partial charge in [-0.2, -0.15) is 12.6 Å². The van der Waals surface area contributed by atoms with Crippen LogP contribution in [0, 0.1) is 6.92 Å². The molecule has 1 heterocycles. The first kappa shape index (κ1) is 13.2. The van der Waals surface area contributed by atoms with Crippen LogP contribution in [0.15, 0.2) is 41.8 Å². The number of rotatable bonds is 4. The Labute approximate surface area is 116 Å². The van der Waals surface area contributed by atoms with E-state index in [0.29, 0.717) is 6.42 Å². The van der Waals surface area contributed by atoms with E-state index in [1.165, 1.54) is 11.3 Å². The lowest BCUT2D eigenvalue weighted by atomic mass is 10.1. The molecule has 2 nitrogen and oxygen atoms in total. The number of anilines is 1. The highest BCUT2D eigenvalue weighted by Crippen LogP contribution is 2.22. The van der Waals surface area contributed by atoms with Crippen LogP contribution >= 0.6 is 24.0 Å². The van der Waals surface area contributed by atoms with Crippen LogP contribution in [0.3, 0.4) is 0 Å². The van der Waals surface area contributed by atoms with Crippen molar-refractivity contribution in [2.24, 2.45) is 0 Å². The van der Waals surface area contributed by atoms with Gasteiger partial charge < -0.3 is 5.32 Å². The van der Waals surface area contributed by atoms with E-state index in [9.17, 15) is 4.79 Å². The summed E-state index contributed by atoms with van der Waals surface area (Å²) in [7, 11) is 0. The molecule has 0 saturated carbocycles. The summed E-state index contributed by atoms with van der Waals surface area (Å²) < 4.78 is 0. The van der Waals surface area contributed by atoms with Crippen molar-refractivity contribution < 1.29 is 4.79 Å². The van der Waals surface area contributed by atoms with Gasteiger partial charge in [-0.05, 0) is 35.9 Å². The maximum absolute atomic E-state index is 12.0. The highest BCUT2D eigenvalue weighted by molar-refractivity contribution is 7.81. The van der Waals surface area contributed by atoms with Crippen LogP contribution in [0.1, 0.15) is 11.1 Å². The number of carbonyl (C=O) groups excluding carboxylic acids is 1. The summed E-state index contributed by atoms with van der Waals surface area (Å²) in [6.45, 7) is 1.98. The highest BCUT2D eigenvalue weighted by atomic mass is 32.1. The van der Waals surface area contributed by atoms with Gasteiger partial charge in [0, 0.05) is 0 Å². The third kappa shape index (κ3) is 3.37. The fourth-order valence-corrected chi connectivity index (χ4v) is 2.72. The average Bonchev–Trinajstić information content (AvgIpc) is 2.76. The largest absolute Gasteiger partial charge is 0.317 e. The molecule has 18 heavy (non-hydrogen) atoms. The minimum absolute atomic E-state index is 0.0484. The van der Waals surface area contributed by atoms with Crippen molar-refractivity contribution in [3.8, 4) is 0 Å². The maximum Gasteiger partial charge on any atom is 0.238 e. The molecule has 0 spiro atoms. The third-order valence-corrected chi connectivity index (χ3v) is 4.02. The molecule has 1 aromatic carbocycles. The number of aryl methyl sites for hydroxylation is 1. The molecule has 1 amide bonds. The quantitative estimate of drug-likeness (QED) is 0.822. The van der Waals surface area contributed by atoms with E-state index in [1.54, 1.807) is 0 Å². The number of hydrogen-bond donors (Lipinski definition) is 2. The molecule has 1 atom stereocenters. The van der Waals surface area contributed by atoms with Gasteiger partial charge in [0.05, 0.1) is 10.3 Å². The molecule has 0 saturated heterocycles. The molecular weight excluding hydrogens is 262 g/mol. The highest BCUT2D eigenvalue weighted by Gasteiger charge is 2.15. The summed E-state index contributed by atoms with van der Waals surface area (Å²) in [4.78, 5) is 12.0. The predicted molar refractivity (Wildman–Crippen MR) is 80.6 cm³/mol. The monoisotopic (exact) mass is 277 g/mol. The van der Waals surface area contributed by atoms with Crippen LogP contribution in [0.5, 0.6) is 0 Å². The van der Waals surface area contributed by atoms with Gasteiger partial charge in [-0.1, -0.05) is 30.3 Å². The van der Waals surface area contributed by atoms with Crippen molar-refractivity contribution in [2.45, 2.75) is 18.6 Å². The van der Waals surface area contributed by atoms with Crippen LogP contribution in [-0.4, -0.2) is 11.2 Å². The number of carbonyl (C=O) groups is 1. The first-order chi connectivity index (χ1) is 8.66. The molecule has 1 N–H and O–H groups in total. The van der Waals surface area contributed by atoms with Gasteiger partial charge in [0.2, 0.25) is 5.91 Å². The Morgan fingerprint density at radius 3 is 2.67 bits per heavy atom. The Kier molecular flexibility index (Phi) is 4.44. The zero-order valence-electron chi connectivity index (χ0n) is 10.1. The Morgan fingerprint density at radius 2 is 2.06 bits per heavy atom. The van der Waals surface area contributed by atoms with Crippen molar-refractivity contribution in [1.82, 2.24) is 0 Å². The molecule has 0 aliphatic heterocycles. The fourth-order valence-electron chi connectivity index (χ4n) is 1.63. The Morgan fingerprint density at radius 1 is 1.33 bits per heavy atom. The lowest BCUT2D eigenvalue weighted by Gasteiger charge is -2.11. The molecule has 0 fully saturated rings. The van der Waals surface area contributed by atoms with Crippen molar-refractivity contribution in [3.63, 3.8) is 0 Å². The first-order valence-corrected chi connectivity index (χ1v) is 7.13. The van der Waals surface area contributed by atoms with Crippen LogP contribution in [-0.2, 0) is 11.2 Å². The summed E-state index contributed by atoms with van der Waals surface area (Å²) in [6.07, 6.45) is 0.639. The van der Waals surface area contributed by atoms with Crippen molar-refractivity contribution in [1.29, 1.82) is 0 Å². The minimum Gasteiger partial charge on any atom is -0.317 e. The molecule has 0 radical (unpaired) electrons. The SMILES string of the molecule is Cc1ccsc1NC(=O)C(S)Cc1ccccc1. The molecule has 94 valence electrons. The van der Waals surface area contributed by atoms with Crippen LogP contribution in [0.4, 0.5) is 5.00 Å². The molecule has 0 aliphatic carbocycles. The molecule has 1 unspecified atom stereocenters. The molecule has 0 aliphatic rings. The lowest BCUT2D eigenvalue weighted by Crippen LogP contribution is -2.25. The minimum atomic E-state index is -0.325. The number of benzene rings is 1. The second-order valence-corrected chi connectivity index (χ2v) is 5.67. The molecule has 1 aromatic heterocycles. The van der Waals surface area contributed by atoms with E-state index in [-0.39, 0.29) is 11.2 Å². The zero-order valence-corrected chi connectivity index (χ0v) is 11.8. The maximum atomic E-state index is 12.0. The van der Waals surface area contributed by atoms with E-state index < -0.39 is 0 Å².